The van der Waals surface area contributed by atoms with Crippen LogP contribution in [0.4, 0.5) is 5.82 Å². The monoisotopic (exact) mass is 208 g/mol. The van der Waals surface area contributed by atoms with Crippen molar-refractivity contribution in [3.63, 3.8) is 0 Å². The lowest BCUT2D eigenvalue weighted by Gasteiger charge is -2.30. The van der Waals surface area contributed by atoms with E-state index in [1.54, 1.807) is 12.4 Å². The minimum Gasteiger partial charge on any atom is -0.361 e. The number of hydrogen-bond donors (Lipinski definition) is 2. The van der Waals surface area contributed by atoms with Crippen molar-refractivity contribution in [1.29, 1.82) is 0 Å². The summed E-state index contributed by atoms with van der Waals surface area (Å²) in [7, 11) is 2.09. The molecule has 0 aromatic carbocycles. The van der Waals surface area contributed by atoms with Gasteiger partial charge in [-0.1, -0.05) is 0 Å². The molecule has 0 bridgehead atoms. The molecule has 0 spiro atoms. The smallest absolute Gasteiger partial charge is 0.290 e. The topological polar surface area (TPSA) is 61.0 Å². The van der Waals surface area contributed by atoms with Crippen molar-refractivity contribution in [2.45, 2.75) is 18.9 Å². The number of hydrogen-bond acceptors (Lipinski definition) is 4. The number of likely N-dealkylation sites (tertiary alicyclic amines) is 1. The van der Waals surface area contributed by atoms with Crippen molar-refractivity contribution in [2.75, 3.05) is 25.5 Å². The molecule has 0 amide bonds. The van der Waals surface area contributed by atoms with Gasteiger partial charge in [-0.25, -0.2) is 4.98 Å². The van der Waals surface area contributed by atoms with Crippen molar-refractivity contribution in [1.82, 2.24) is 14.9 Å². The summed E-state index contributed by atoms with van der Waals surface area (Å²) in [5, 5.41) is 3.18. The molecule has 0 aliphatic carbocycles. The van der Waals surface area contributed by atoms with E-state index >= 15 is 0 Å². The third kappa shape index (κ3) is 2.56. The number of anilines is 1. The first-order valence-corrected chi connectivity index (χ1v) is 5.24. The van der Waals surface area contributed by atoms with Crippen LogP contribution in [-0.4, -0.2) is 41.0 Å². The molecule has 1 unspecified atom stereocenters. The first-order valence-electron chi connectivity index (χ1n) is 5.24. The molecule has 2 heterocycles. The largest absolute Gasteiger partial charge is 0.361 e. The zero-order chi connectivity index (χ0) is 10.7. The molecule has 5 nitrogen and oxygen atoms in total. The summed E-state index contributed by atoms with van der Waals surface area (Å²) in [6.07, 6.45) is 5.40. The summed E-state index contributed by atoms with van der Waals surface area (Å²) < 4.78 is 0. The molecule has 15 heavy (non-hydrogen) atoms. The Labute approximate surface area is 88.5 Å². The lowest BCUT2D eigenvalue weighted by Crippen LogP contribution is -2.40. The normalized spacial score (nSPS) is 22.6. The second-order valence-electron chi connectivity index (χ2n) is 4.01. The fourth-order valence-electron chi connectivity index (χ4n) is 1.93. The van der Waals surface area contributed by atoms with Gasteiger partial charge in [0.25, 0.3) is 5.56 Å². The van der Waals surface area contributed by atoms with Crippen molar-refractivity contribution in [2.24, 2.45) is 0 Å². The lowest BCUT2D eigenvalue weighted by molar-refractivity contribution is 0.260. The van der Waals surface area contributed by atoms with Crippen LogP contribution < -0.4 is 10.9 Å². The van der Waals surface area contributed by atoms with Crippen LogP contribution in [0.1, 0.15) is 12.8 Å². The Morgan fingerprint density at radius 1 is 1.67 bits per heavy atom. The molecule has 82 valence electrons. The number of likely N-dealkylation sites (N-methyl/N-ethyl adjacent to an activating group) is 1. The number of piperidine rings is 1. The zero-order valence-corrected chi connectivity index (χ0v) is 8.86. The van der Waals surface area contributed by atoms with E-state index in [2.05, 4.69) is 27.2 Å². The Morgan fingerprint density at radius 2 is 2.53 bits per heavy atom. The molecule has 0 radical (unpaired) electrons. The third-order valence-electron chi connectivity index (χ3n) is 2.67. The Kier molecular flexibility index (Phi) is 3.01. The highest BCUT2D eigenvalue weighted by Crippen LogP contribution is 2.10. The number of nitrogens with zero attached hydrogens (tertiary/aromatic N) is 2. The quantitative estimate of drug-likeness (QED) is 0.732. The molecule has 0 saturated carbocycles. The molecule has 1 saturated heterocycles. The highest BCUT2D eigenvalue weighted by molar-refractivity contribution is 5.31. The van der Waals surface area contributed by atoms with E-state index < -0.39 is 0 Å². The van der Waals surface area contributed by atoms with E-state index in [0.29, 0.717) is 11.9 Å². The summed E-state index contributed by atoms with van der Waals surface area (Å²) in [5.74, 6) is 0.429. The third-order valence-corrected chi connectivity index (χ3v) is 2.67. The minimum atomic E-state index is -0.147. The maximum absolute atomic E-state index is 11.4. The summed E-state index contributed by atoms with van der Waals surface area (Å²) in [5.41, 5.74) is -0.147. The fourth-order valence-corrected chi connectivity index (χ4v) is 1.93. The molecule has 1 aliphatic rings. The molecule has 1 atom stereocenters. The van der Waals surface area contributed by atoms with Gasteiger partial charge < -0.3 is 15.2 Å². The van der Waals surface area contributed by atoms with E-state index in [9.17, 15) is 4.79 Å². The van der Waals surface area contributed by atoms with Crippen molar-refractivity contribution in [3.05, 3.63) is 22.7 Å². The zero-order valence-electron chi connectivity index (χ0n) is 8.86. The number of aromatic amines is 1. The van der Waals surface area contributed by atoms with Crippen LogP contribution in [0, 0.1) is 0 Å². The van der Waals surface area contributed by atoms with E-state index in [1.807, 2.05) is 0 Å². The van der Waals surface area contributed by atoms with E-state index in [4.69, 9.17) is 0 Å². The first kappa shape index (κ1) is 10.2. The Hall–Kier alpha value is -1.36. The van der Waals surface area contributed by atoms with Gasteiger partial charge in [0.15, 0.2) is 5.82 Å². The highest BCUT2D eigenvalue weighted by Gasteiger charge is 2.17. The second-order valence-corrected chi connectivity index (χ2v) is 4.01. The molecular weight excluding hydrogens is 192 g/mol. The van der Waals surface area contributed by atoms with Crippen LogP contribution >= 0.6 is 0 Å². The standard InChI is InChI=1S/C10H16N4O/c1-14-6-2-3-8(7-14)13-9-10(15)12-5-4-11-9/h4-5,8H,2-3,6-7H2,1H3,(H,11,13)(H,12,15). The summed E-state index contributed by atoms with van der Waals surface area (Å²) >= 11 is 0. The average Bonchev–Trinajstić information content (AvgIpc) is 2.22. The molecule has 5 heteroatoms. The maximum atomic E-state index is 11.4. The summed E-state index contributed by atoms with van der Waals surface area (Å²) in [6.45, 7) is 2.10. The second kappa shape index (κ2) is 4.44. The van der Waals surface area contributed by atoms with Gasteiger partial charge in [-0.2, -0.15) is 0 Å². The SMILES string of the molecule is CN1CCCC(Nc2ncc[nH]c2=O)C1. The summed E-state index contributed by atoms with van der Waals surface area (Å²) in [6, 6.07) is 0.333. The number of nitrogens with one attached hydrogen (secondary N) is 2. The van der Waals surface area contributed by atoms with E-state index in [-0.39, 0.29) is 5.56 Å². The van der Waals surface area contributed by atoms with Crippen LogP contribution in [0.5, 0.6) is 0 Å². The van der Waals surface area contributed by atoms with Gasteiger partial charge >= 0.3 is 0 Å². The predicted molar refractivity (Wildman–Crippen MR) is 59.0 cm³/mol. The molecule has 1 aromatic rings. The molecular formula is C10H16N4O. The Morgan fingerprint density at radius 3 is 3.27 bits per heavy atom. The van der Waals surface area contributed by atoms with Gasteiger partial charge in [0.1, 0.15) is 0 Å². The first-order chi connectivity index (χ1) is 7.25. The summed E-state index contributed by atoms with van der Waals surface area (Å²) in [4.78, 5) is 20.3. The Bertz CT molecular complexity index is 376. The predicted octanol–water partition coefficient (Wildman–Crippen LogP) is 0.276. The number of rotatable bonds is 2. The number of H-pyrrole nitrogens is 1. The average molecular weight is 208 g/mol. The van der Waals surface area contributed by atoms with Crippen LogP contribution in [0.2, 0.25) is 0 Å². The molecule has 1 fully saturated rings. The van der Waals surface area contributed by atoms with Gasteiger partial charge in [0.05, 0.1) is 0 Å². The molecule has 2 rings (SSSR count). The van der Waals surface area contributed by atoms with Gasteiger partial charge in [0.2, 0.25) is 0 Å². The Balaban J connectivity index is 2.02. The molecule has 1 aromatic heterocycles. The van der Waals surface area contributed by atoms with Crippen LogP contribution in [0.15, 0.2) is 17.2 Å². The van der Waals surface area contributed by atoms with E-state index in [0.717, 1.165) is 19.5 Å². The molecule has 1 aliphatic heterocycles. The minimum absolute atomic E-state index is 0.147. The van der Waals surface area contributed by atoms with Crippen molar-refractivity contribution in [3.8, 4) is 0 Å². The van der Waals surface area contributed by atoms with Gasteiger partial charge in [0, 0.05) is 25.0 Å². The van der Waals surface area contributed by atoms with Crippen LogP contribution in [0.3, 0.4) is 0 Å². The van der Waals surface area contributed by atoms with Gasteiger partial charge in [-0.05, 0) is 26.4 Å². The van der Waals surface area contributed by atoms with E-state index in [1.165, 1.54) is 6.42 Å². The van der Waals surface area contributed by atoms with Crippen molar-refractivity contribution >= 4 is 5.82 Å². The molecule has 2 N–H and O–H groups in total. The highest BCUT2D eigenvalue weighted by atomic mass is 16.1. The van der Waals surface area contributed by atoms with Gasteiger partial charge in [-0.3, -0.25) is 4.79 Å². The number of aromatic nitrogens is 2. The fraction of sp³-hybridized carbons (Fsp3) is 0.600. The van der Waals surface area contributed by atoms with Gasteiger partial charge in [-0.15, -0.1) is 0 Å². The van der Waals surface area contributed by atoms with Crippen LogP contribution in [-0.2, 0) is 0 Å². The van der Waals surface area contributed by atoms with Crippen molar-refractivity contribution < 1.29 is 0 Å². The maximum Gasteiger partial charge on any atom is 0.290 e. The lowest BCUT2D eigenvalue weighted by atomic mass is 10.1. The van der Waals surface area contributed by atoms with Crippen LogP contribution in [0.25, 0.3) is 0 Å².